The number of rotatable bonds is 5. The smallest absolute Gasteiger partial charge is 0.237 e. The van der Waals surface area contributed by atoms with Crippen molar-refractivity contribution >= 4 is 5.91 Å². The first-order chi connectivity index (χ1) is 8.66. The molecule has 0 aromatic carbocycles. The van der Waals surface area contributed by atoms with E-state index < -0.39 is 5.54 Å². The number of carbonyl (C=O) groups is 1. The first-order valence-corrected chi connectivity index (χ1v) is 6.84. The van der Waals surface area contributed by atoms with Crippen molar-refractivity contribution in [1.29, 1.82) is 0 Å². The minimum Gasteiger partial charge on any atom is -0.381 e. The number of nitrogens with one attached hydrogen (secondary N) is 1. The lowest BCUT2D eigenvalue weighted by molar-refractivity contribution is -0.124. The molecule has 3 N–H and O–H groups in total. The van der Waals surface area contributed by atoms with E-state index in [1.165, 1.54) is 0 Å². The summed E-state index contributed by atoms with van der Waals surface area (Å²) >= 11 is 0. The average molecular weight is 256 g/mol. The fourth-order valence-electron chi connectivity index (χ4n) is 2.90. The Balaban J connectivity index is 1.76. The highest BCUT2D eigenvalue weighted by Crippen LogP contribution is 2.32. The number of ether oxygens (including phenoxy) is 2. The summed E-state index contributed by atoms with van der Waals surface area (Å²) in [5, 5.41) is 3.07. The van der Waals surface area contributed by atoms with E-state index in [0.717, 1.165) is 45.5 Å². The van der Waals surface area contributed by atoms with E-state index in [1.54, 1.807) is 7.05 Å². The van der Waals surface area contributed by atoms with Crippen LogP contribution in [0.2, 0.25) is 0 Å². The van der Waals surface area contributed by atoms with Crippen LogP contribution in [0.5, 0.6) is 0 Å². The Morgan fingerprint density at radius 1 is 1.44 bits per heavy atom. The van der Waals surface area contributed by atoms with Gasteiger partial charge < -0.3 is 20.5 Å². The van der Waals surface area contributed by atoms with Crippen LogP contribution < -0.4 is 11.1 Å². The molecule has 2 unspecified atom stereocenters. The lowest BCUT2D eigenvalue weighted by atomic mass is 9.97. The van der Waals surface area contributed by atoms with E-state index in [2.05, 4.69) is 5.32 Å². The predicted octanol–water partition coefficient (Wildman–Crippen LogP) is 0.426. The van der Waals surface area contributed by atoms with Gasteiger partial charge in [-0.05, 0) is 38.6 Å². The van der Waals surface area contributed by atoms with Crippen LogP contribution in [0, 0.1) is 5.92 Å². The second kappa shape index (κ2) is 5.99. The second-order valence-electron chi connectivity index (χ2n) is 5.45. The molecule has 0 spiro atoms. The Bertz CT molecular complexity index is 292. The zero-order chi connectivity index (χ0) is 13.0. The van der Waals surface area contributed by atoms with Gasteiger partial charge in [0.2, 0.25) is 5.91 Å². The molecule has 2 atom stereocenters. The van der Waals surface area contributed by atoms with Gasteiger partial charge in [-0.3, -0.25) is 4.79 Å². The quantitative estimate of drug-likeness (QED) is 0.748. The zero-order valence-electron chi connectivity index (χ0n) is 11.1. The van der Waals surface area contributed by atoms with Crippen molar-refractivity contribution in [3.63, 3.8) is 0 Å². The molecule has 0 radical (unpaired) electrons. The monoisotopic (exact) mass is 256 g/mol. The molecule has 5 heteroatoms. The van der Waals surface area contributed by atoms with Crippen molar-refractivity contribution in [2.24, 2.45) is 11.7 Å². The third-order valence-electron chi connectivity index (χ3n) is 4.33. The van der Waals surface area contributed by atoms with E-state index in [0.29, 0.717) is 12.3 Å². The summed E-state index contributed by atoms with van der Waals surface area (Å²) in [6.07, 6.45) is 4.71. The maximum absolute atomic E-state index is 11.5. The molecule has 2 aliphatic rings. The van der Waals surface area contributed by atoms with Crippen LogP contribution in [0.1, 0.15) is 32.1 Å². The zero-order valence-corrected chi connectivity index (χ0v) is 11.1. The molecule has 1 aliphatic heterocycles. The highest BCUT2D eigenvalue weighted by molar-refractivity contribution is 5.85. The summed E-state index contributed by atoms with van der Waals surface area (Å²) in [6.45, 7) is 2.48. The number of carbonyl (C=O) groups excluding carboxylic acids is 1. The number of likely N-dealkylation sites (N-methyl/N-ethyl adjacent to an activating group) is 1. The maximum Gasteiger partial charge on any atom is 0.237 e. The Kier molecular flexibility index (Phi) is 4.59. The molecule has 1 saturated heterocycles. The van der Waals surface area contributed by atoms with E-state index in [9.17, 15) is 4.79 Å². The van der Waals surface area contributed by atoms with E-state index >= 15 is 0 Å². The molecule has 5 nitrogen and oxygen atoms in total. The molecular weight excluding hydrogens is 232 g/mol. The molecule has 0 bridgehead atoms. The largest absolute Gasteiger partial charge is 0.381 e. The van der Waals surface area contributed by atoms with Crippen molar-refractivity contribution in [3.8, 4) is 0 Å². The number of hydrogen-bond donors (Lipinski definition) is 2. The van der Waals surface area contributed by atoms with Gasteiger partial charge in [-0.1, -0.05) is 0 Å². The molecule has 0 aromatic rings. The van der Waals surface area contributed by atoms with Gasteiger partial charge in [0, 0.05) is 26.2 Å². The summed E-state index contributed by atoms with van der Waals surface area (Å²) in [5.74, 6) is 0.346. The van der Waals surface area contributed by atoms with Gasteiger partial charge in [-0.15, -0.1) is 0 Å². The summed E-state index contributed by atoms with van der Waals surface area (Å²) in [4.78, 5) is 11.5. The van der Waals surface area contributed by atoms with Crippen molar-refractivity contribution in [2.75, 3.05) is 26.9 Å². The van der Waals surface area contributed by atoms with Crippen LogP contribution in [-0.4, -0.2) is 44.4 Å². The Morgan fingerprint density at radius 3 is 2.72 bits per heavy atom. The summed E-state index contributed by atoms with van der Waals surface area (Å²) in [6, 6.07) is 0. The van der Waals surface area contributed by atoms with Gasteiger partial charge in [-0.2, -0.15) is 0 Å². The molecule has 0 aromatic heterocycles. The van der Waals surface area contributed by atoms with Gasteiger partial charge in [0.15, 0.2) is 0 Å². The van der Waals surface area contributed by atoms with Crippen LogP contribution in [0.3, 0.4) is 0 Å². The van der Waals surface area contributed by atoms with Gasteiger partial charge in [0.25, 0.3) is 0 Å². The highest BCUT2D eigenvalue weighted by Gasteiger charge is 2.43. The highest BCUT2D eigenvalue weighted by atomic mass is 16.5. The third-order valence-corrected chi connectivity index (χ3v) is 4.33. The van der Waals surface area contributed by atoms with Crippen molar-refractivity contribution in [3.05, 3.63) is 0 Å². The predicted molar refractivity (Wildman–Crippen MR) is 68.1 cm³/mol. The van der Waals surface area contributed by atoms with Crippen LogP contribution in [-0.2, 0) is 14.3 Å². The fourth-order valence-corrected chi connectivity index (χ4v) is 2.90. The van der Waals surface area contributed by atoms with Crippen LogP contribution in [0.25, 0.3) is 0 Å². The molecular formula is C13H24N2O3. The molecule has 2 rings (SSSR count). The third kappa shape index (κ3) is 3.02. The first kappa shape index (κ1) is 13.8. The summed E-state index contributed by atoms with van der Waals surface area (Å²) in [7, 11) is 1.80. The Hall–Kier alpha value is -0.650. The molecule has 1 amide bonds. The Labute approximate surface area is 108 Å². The molecule has 1 heterocycles. The molecule has 18 heavy (non-hydrogen) atoms. The van der Waals surface area contributed by atoms with Crippen LogP contribution in [0.4, 0.5) is 0 Å². The average Bonchev–Trinajstić information content (AvgIpc) is 2.83. The number of amides is 1. The van der Waals surface area contributed by atoms with Crippen molar-refractivity contribution in [1.82, 2.24) is 5.32 Å². The van der Waals surface area contributed by atoms with E-state index in [4.69, 9.17) is 15.2 Å². The first-order valence-electron chi connectivity index (χ1n) is 6.84. The normalized spacial score (nSPS) is 33.7. The topological polar surface area (TPSA) is 73.6 Å². The van der Waals surface area contributed by atoms with E-state index in [-0.39, 0.29) is 12.0 Å². The second-order valence-corrected chi connectivity index (χ2v) is 5.45. The van der Waals surface area contributed by atoms with E-state index in [1.807, 2.05) is 0 Å². The standard InChI is InChI=1S/C13H24N2O3/c1-15-13(12(14)16)5-2-11(8-13)18-9-10-3-6-17-7-4-10/h10-11,15H,2-9H2,1H3,(H2,14,16). The fraction of sp³-hybridized carbons (Fsp3) is 0.923. The minimum absolute atomic E-state index is 0.160. The SMILES string of the molecule is CNC1(C(N)=O)CCC(OCC2CCOCC2)C1. The molecule has 1 saturated carbocycles. The lowest BCUT2D eigenvalue weighted by Gasteiger charge is -2.26. The summed E-state index contributed by atoms with van der Waals surface area (Å²) < 4.78 is 11.3. The van der Waals surface area contributed by atoms with Crippen LogP contribution in [0.15, 0.2) is 0 Å². The van der Waals surface area contributed by atoms with Gasteiger partial charge >= 0.3 is 0 Å². The molecule has 104 valence electrons. The van der Waals surface area contributed by atoms with Crippen LogP contribution >= 0.6 is 0 Å². The Morgan fingerprint density at radius 2 is 2.17 bits per heavy atom. The molecule has 1 aliphatic carbocycles. The van der Waals surface area contributed by atoms with Crippen molar-refractivity contribution in [2.45, 2.75) is 43.7 Å². The van der Waals surface area contributed by atoms with Gasteiger partial charge in [0.1, 0.15) is 0 Å². The number of primary amides is 1. The maximum atomic E-state index is 11.5. The van der Waals surface area contributed by atoms with Gasteiger partial charge in [0.05, 0.1) is 11.6 Å². The van der Waals surface area contributed by atoms with Crippen molar-refractivity contribution < 1.29 is 14.3 Å². The lowest BCUT2D eigenvalue weighted by Crippen LogP contribution is -2.52. The molecule has 2 fully saturated rings. The number of nitrogens with two attached hydrogens (primary N) is 1. The van der Waals surface area contributed by atoms with Gasteiger partial charge in [-0.25, -0.2) is 0 Å². The number of hydrogen-bond acceptors (Lipinski definition) is 4. The summed E-state index contributed by atoms with van der Waals surface area (Å²) in [5.41, 5.74) is 4.92. The minimum atomic E-state index is -0.555.